The van der Waals surface area contributed by atoms with Crippen molar-refractivity contribution in [2.45, 2.75) is 6.10 Å². The molecule has 0 bridgehead atoms. The molecule has 0 aliphatic carbocycles. The lowest BCUT2D eigenvalue weighted by Gasteiger charge is -2.18. The van der Waals surface area contributed by atoms with Crippen LogP contribution < -0.4 is 9.47 Å². The van der Waals surface area contributed by atoms with Crippen molar-refractivity contribution in [2.75, 3.05) is 14.2 Å². The maximum absolute atomic E-state index is 13.3. The number of ether oxygens (including phenoxy) is 2. The predicted octanol–water partition coefficient (Wildman–Crippen LogP) is 3.06. The molecule has 1 unspecified atom stereocenters. The van der Waals surface area contributed by atoms with E-state index in [-0.39, 0.29) is 5.56 Å². The Morgan fingerprint density at radius 2 is 1.45 bits per heavy atom. The number of hydrogen-bond donors (Lipinski definition) is 1. The number of halogens is 2. The molecule has 2 aromatic rings. The molecule has 0 aliphatic rings. The average molecular weight is 280 g/mol. The lowest BCUT2D eigenvalue weighted by atomic mass is 9.99. The molecule has 0 aliphatic heterocycles. The van der Waals surface area contributed by atoms with Crippen molar-refractivity contribution >= 4 is 0 Å². The van der Waals surface area contributed by atoms with Gasteiger partial charge in [-0.1, -0.05) is 6.07 Å². The van der Waals surface area contributed by atoms with E-state index in [0.717, 1.165) is 18.2 Å². The van der Waals surface area contributed by atoms with Crippen LogP contribution in [0.1, 0.15) is 17.2 Å². The molecule has 0 spiro atoms. The summed E-state index contributed by atoms with van der Waals surface area (Å²) in [7, 11) is 2.88. The molecule has 106 valence electrons. The third-order valence-electron chi connectivity index (χ3n) is 2.94. The number of aliphatic hydroxyl groups excluding tert-OH is 1. The Hall–Kier alpha value is -2.14. The quantitative estimate of drug-likeness (QED) is 0.935. The van der Waals surface area contributed by atoms with Crippen LogP contribution in [0.5, 0.6) is 11.5 Å². The molecule has 1 atom stereocenters. The van der Waals surface area contributed by atoms with Gasteiger partial charge in [-0.25, -0.2) is 8.78 Å². The van der Waals surface area contributed by atoms with Gasteiger partial charge in [0.25, 0.3) is 0 Å². The second-order valence-electron chi connectivity index (χ2n) is 4.18. The van der Waals surface area contributed by atoms with Crippen LogP contribution in [0.3, 0.4) is 0 Å². The zero-order chi connectivity index (χ0) is 14.7. The van der Waals surface area contributed by atoms with Crippen molar-refractivity contribution in [3.63, 3.8) is 0 Å². The first kappa shape index (κ1) is 14.3. The van der Waals surface area contributed by atoms with Crippen LogP contribution in [0.2, 0.25) is 0 Å². The van der Waals surface area contributed by atoms with E-state index in [2.05, 4.69) is 0 Å². The highest BCUT2D eigenvalue weighted by Gasteiger charge is 2.21. The van der Waals surface area contributed by atoms with Gasteiger partial charge in [-0.3, -0.25) is 0 Å². The van der Waals surface area contributed by atoms with Crippen molar-refractivity contribution in [1.82, 2.24) is 0 Å². The number of aliphatic hydroxyl groups is 1. The second kappa shape index (κ2) is 5.88. The fourth-order valence-electron chi connectivity index (χ4n) is 2.05. The number of rotatable bonds is 4. The highest BCUT2D eigenvalue weighted by atomic mass is 19.1. The smallest absolute Gasteiger partial charge is 0.128 e. The maximum Gasteiger partial charge on any atom is 0.128 e. The molecule has 0 aromatic heterocycles. The van der Waals surface area contributed by atoms with Gasteiger partial charge in [-0.2, -0.15) is 0 Å². The zero-order valence-electron chi connectivity index (χ0n) is 11.1. The molecular formula is C15H14F2O3. The summed E-state index contributed by atoms with van der Waals surface area (Å²) in [4.78, 5) is 0. The Labute approximate surface area is 115 Å². The van der Waals surface area contributed by atoms with Crippen molar-refractivity contribution in [3.8, 4) is 11.5 Å². The maximum atomic E-state index is 13.3. The van der Waals surface area contributed by atoms with Crippen molar-refractivity contribution in [2.24, 2.45) is 0 Å². The summed E-state index contributed by atoms with van der Waals surface area (Å²) in [5, 5.41) is 10.4. The van der Waals surface area contributed by atoms with E-state index >= 15 is 0 Å². The van der Waals surface area contributed by atoms with Gasteiger partial charge in [0.2, 0.25) is 0 Å². The summed E-state index contributed by atoms with van der Waals surface area (Å²) in [6.07, 6.45) is -1.26. The minimum Gasteiger partial charge on any atom is -0.496 e. The van der Waals surface area contributed by atoms with Crippen LogP contribution in [0.25, 0.3) is 0 Å². The van der Waals surface area contributed by atoms with Crippen LogP contribution in [0, 0.1) is 11.6 Å². The number of hydrogen-bond acceptors (Lipinski definition) is 3. The minimum absolute atomic E-state index is 0.0882. The molecule has 2 aromatic carbocycles. The van der Waals surface area contributed by atoms with Crippen molar-refractivity contribution < 1.29 is 23.4 Å². The predicted molar refractivity (Wildman–Crippen MR) is 70.0 cm³/mol. The highest BCUT2D eigenvalue weighted by molar-refractivity contribution is 5.49. The molecular weight excluding hydrogens is 266 g/mol. The van der Waals surface area contributed by atoms with Gasteiger partial charge in [0.15, 0.2) is 0 Å². The first-order valence-corrected chi connectivity index (χ1v) is 5.91. The molecule has 5 heteroatoms. The lowest BCUT2D eigenvalue weighted by molar-refractivity contribution is 0.208. The summed E-state index contributed by atoms with van der Waals surface area (Å²) >= 11 is 0. The fraction of sp³-hybridized carbons (Fsp3) is 0.200. The molecule has 0 fully saturated rings. The molecule has 20 heavy (non-hydrogen) atoms. The Kier molecular flexibility index (Phi) is 4.20. The summed E-state index contributed by atoms with van der Waals surface area (Å²) in [6.45, 7) is 0. The van der Waals surface area contributed by atoms with E-state index < -0.39 is 17.7 Å². The molecule has 0 radical (unpaired) electrons. The van der Waals surface area contributed by atoms with E-state index in [9.17, 15) is 13.9 Å². The summed E-state index contributed by atoms with van der Waals surface area (Å²) in [5.41, 5.74) is 0.410. The standard InChI is InChI=1S/C15H14F2O3/c1-19-12-4-3-5-13(20-2)14(12)15(18)9-6-10(16)8-11(17)7-9/h3-8,15,18H,1-2H3. The number of benzene rings is 2. The van der Waals surface area contributed by atoms with E-state index in [1.54, 1.807) is 18.2 Å². The van der Waals surface area contributed by atoms with Crippen LogP contribution in [-0.4, -0.2) is 19.3 Å². The van der Waals surface area contributed by atoms with E-state index in [1.165, 1.54) is 14.2 Å². The lowest BCUT2D eigenvalue weighted by Crippen LogP contribution is -2.06. The van der Waals surface area contributed by atoms with Crippen LogP contribution in [0.4, 0.5) is 8.78 Å². The van der Waals surface area contributed by atoms with Crippen molar-refractivity contribution in [3.05, 3.63) is 59.2 Å². The Morgan fingerprint density at radius 1 is 0.950 bits per heavy atom. The van der Waals surface area contributed by atoms with E-state index in [1.807, 2.05) is 0 Å². The molecule has 0 saturated carbocycles. The first-order chi connectivity index (χ1) is 9.56. The summed E-state index contributed by atoms with van der Waals surface area (Å²) < 4.78 is 36.8. The Morgan fingerprint density at radius 3 is 1.90 bits per heavy atom. The third kappa shape index (κ3) is 2.72. The molecule has 0 heterocycles. The first-order valence-electron chi connectivity index (χ1n) is 5.91. The van der Waals surface area contributed by atoms with Gasteiger partial charge < -0.3 is 14.6 Å². The van der Waals surface area contributed by atoms with Crippen LogP contribution >= 0.6 is 0 Å². The third-order valence-corrected chi connectivity index (χ3v) is 2.94. The van der Waals surface area contributed by atoms with Gasteiger partial charge in [0.1, 0.15) is 29.2 Å². The molecule has 0 saturated heterocycles. The van der Waals surface area contributed by atoms with Crippen LogP contribution in [-0.2, 0) is 0 Å². The molecule has 3 nitrogen and oxygen atoms in total. The van der Waals surface area contributed by atoms with Gasteiger partial charge in [0, 0.05) is 6.07 Å². The van der Waals surface area contributed by atoms with Crippen LogP contribution in [0.15, 0.2) is 36.4 Å². The number of methoxy groups -OCH3 is 2. The summed E-state index contributed by atoms with van der Waals surface area (Å²) in [5.74, 6) is -0.760. The Bertz CT molecular complexity index is 572. The topological polar surface area (TPSA) is 38.7 Å². The second-order valence-corrected chi connectivity index (χ2v) is 4.18. The van der Waals surface area contributed by atoms with Gasteiger partial charge in [-0.05, 0) is 29.8 Å². The largest absolute Gasteiger partial charge is 0.496 e. The molecule has 1 N–H and O–H groups in total. The SMILES string of the molecule is COc1cccc(OC)c1C(O)c1cc(F)cc(F)c1. The van der Waals surface area contributed by atoms with Gasteiger partial charge in [0.05, 0.1) is 19.8 Å². The summed E-state index contributed by atoms with van der Waals surface area (Å²) in [6, 6.07) is 7.85. The van der Waals surface area contributed by atoms with Gasteiger partial charge >= 0.3 is 0 Å². The highest BCUT2D eigenvalue weighted by Crippen LogP contribution is 2.37. The minimum atomic E-state index is -1.26. The van der Waals surface area contributed by atoms with E-state index in [0.29, 0.717) is 17.1 Å². The zero-order valence-corrected chi connectivity index (χ0v) is 11.1. The molecule has 2 rings (SSSR count). The monoisotopic (exact) mass is 280 g/mol. The normalized spacial score (nSPS) is 12.1. The van der Waals surface area contributed by atoms with Gasteiger partial charge in [-0.15, -0.1) is 0 Å². The fourth-order valence-corrected chi connectivity index (χ4v) is 2.05. The average Bonchev–Trinajstić information content (AvgIpc) is 2.44. The van der Waals surface area contributed by atoms with Crippen molar-refractivity contribution in [1.29, 1.82) is 0 Å². The Balaban J connectivity index is 2.54. The van der Waals surface area contributed by atoms with E-state index in [4.69, 9.17) is 9.47 Å². The molecule has 0 amide bonds.